The van der Waals surface area contributed by atoms with Crippen LogP contribution in [0.4, 0.5) is 0 Å². The van der Waals surface area contributed by atoms with Crippen LogP contribution in [0.2, 0.25) is 0 Å². The zero-order chi connectivity index (χ0) is 13.3. The van der Waals surface area contributed by atoms with Gasteiger partial charge in [0.15, 0.2) is 5.72 Å². The van der Waals surface area contributed by atoms with Crippen LogP contribution in [0.1, 0.15) is 27.0 Å². The molecule has 3 heteroatoms. The molecule has 3 aliphatic heterocycles. The second-order valence-electron chi connectivity index (χ2n) is 5.69. The molecular weight excluding hydrogens is 250 g/mol. The first-order valence-electron chi connectivity index (χ1n) is 6.98. The van der Waals surface area contributed by atoms with Crippen LogP contribution in [0.15, 0.2) is 48.5 Å². The van der Waals surface area contributed by atoms with Gasteiger partial charge in [-0.2, -0.15) is 0 Å². The van der Waals surface area contributed by atoms with Crippen LogP contribution in [0.5, 0.6) is 0 Å². The lowest BCUT2D eigenvalue weighted by atomic mass is 9.85. The lowest BCUT2D eigenvalue weighted by Gasteiger charge is -2.39. The van der Waals surface area contributed by atoms with Gasteiger partial charge < -0.3 is 4.74 Å². The zero-order valence-corrected chi connectivity index (χ0v) is 10.9. The van der Waals surface area contributed by atoms with Crippen molar-refractivity contribution in [1.29, 1.82) is 0 Å². The normalized spacial score (nSPS) is 29.1. The molecule has 5 rings (SSSR count). The van der Waals surface area contributed by atoms with Gasteiger partial charge in [0.05, 0.1) is 12.6 Å². The predicted molar refractivity (Wildman–Crippen MR) is 73.3 cm³/mol. The highest BCUT2D eigenvalue weighted by atomic mass is 16.5. The Hall–Kier alpha value is -2.13. The molecule has 2 atom stereocenters. The second-order valence-corrected chi connectivity index (χ2v) is 5.69. The first kappa shape index (κ1) is 10.6. The molecule has 0 unspecified atom stereocenters. The minimum Gasteiger partial charge on any atom is -0.345 e. The number of hydrogen-bond donors (Lipinski definition) is 0. The summed E-state index contributed by atoms with van der Waals surface area (Å²) in [6.45, 7) is 0.620. The molecule has 2 aromatic carbocycles. The average Bonchev–Trinajstić information content (AvgIpc) is 2.92. The van der Waals surface area contributed by atoms with Gasteiger partial charge in [-0.25, -0.2) is 0 Å². The Kier molecular flexibility index (Phi) is 1.76. The van der Waals surface area contributed by atoms with Crippen molar-refractivity contribution in [3.8, 4) is 0 Å². The van der Waals surface area contributed by atoms with E-state index in [-0.39, 0.29) is 11.9 Å². The van der Waals surface area contributed by atoms with Crippen LogP contribution >= 0.6 is 0 Å². The summed E-state index contributed by atoms with van der Waals surface area (Å²) in [5, 5.41) is 0. The molecule has 1 saturated heterocycles. The molecule has 3 nitrogen and oxygen atoms in total. The van der Waals surface area contributed by atoms with Gasteiger partial charge in [-0.3, -0.25) is 9.69 Å². The molecule has 20 heavy (non-hydrogen) atoms. The number of rotatable bonds is 0. The van der Waals surface area contributed by atoms with Gasteiger partial charge >= 0.3 is 0 Å². The minimum atomic E-state index is -0.673. The molecule has 0 N–H and O–H groups in total. The first-order chi connectivity index (χ1) is 9.82. The second kappa shape index (κ2) is 3.30. The van der Waals surface area contributed by atoms with Crippen LogP contribution in [-0.4, -0.2) is 23.5 Å². The number of ether oxygens (including phenoxy) is 1. The number of carbonyl (C=O) groups is 1. The van der Waals surface area contributed by atoms with Crippen LogP contribution in [0.25, 0.3) is 0 Å². The molecule has 3 aliphatic rings. The van der Waals surface area contributed by atoms with E-state index < -0.39 is 5.72 Å². The van der Waals surface area contributed by atoms with E-state index >= 15 is 0 Å². The number of carbonyl (C=O) groups excluding carboxylic acids is 1. The van der Waals surface area contributed by atoms with E-state index in [2.05, 4.69) is 18.2 Å². The van der Waals surface area contributed by atoms with Crippen molar-refractivity contribution >= 4 is 5.91 Å². The van der Waals surface area contributed by atoms with Crippen LogP contribution in [0, 0.1) is 0 Å². The highest BCUT2D eigenvalue weighted by Gasteiger charge is 2.61. The third-order valence-electron chi connectivity index (χ3n) is 4.77. The highest BCUT2D eigenvalue weighted by molar-refractivity contribution is 6.01. The van der Waals surface area contributed by atoms with Crippen molar-refractivity contribution in [3.05, 3.63) is 70.8 Å². The molecule has 1 fully saturated rings. The van der Waals surface area contributed by atoms with Gasteiger partial charge in [0.25, 0.3) is 5.91 Å². The van der Waals surface area contributed by atoms with Gasteiger partial charge in [0.2, 0.25) is 0 Å². The third kappa shape index (κ3) is 0.979. The summed E-state index contributed by atoms with van der Waals surface area (Å²) >= 11 is 0. The summed E-state index contributed by atoms with van der Waals surface area (Å²) in [5.74, 6) is 0.109. The summed E-state index contributed by atoms with van der Waals surface area (Å²) in [4.78, 5) is 14.7. The van der Waals surface area contributed by atoms with Crippen molar-refractivity contribution < 1.29 is 9.53 Å². The van der Waals surface area contributed by atoms with Crippen molar-refractivity contribution in [2.45, 2.75) is 18.2 Å². The Morgan fingerprint density at radius 3 is 2.70 bits per heavy atom. The van der Waals surface area contributed by atoms with Crippen molar-refractivity contribution in [1.82, 2.24) is 4.90 Å². The summed E-state index contributed by atoms with van der Waals surface area (Å²) in [6, 6.07) is 16.3. The van der Waals surface area contributed by atoms with E-state index in [0.717, 1.165) is 23.1 Å². The standard InChI is InChI=1S/C17H13NO2/c19-16-13-6-2-4-8-15(13)17-14-7-3-1-5-11(14)9-12(10-20-17)18(16)17/h1-8,12H,9-10H2/t12-,17+/m0/s1. The smallest absolute Gasteiger partial charge is 0.257 e. The summed E-state index contributed by atoms with van der Waals surface area (Å²) in [7, 11) is 0. The van der Waals surface area contributed by atoms with Gasteiger partial charge in [0.1, 0.15) is 0 Å². The summed E-state index contributed by atoms with van der Waals surface area (Å²) < 4.78 is 6.22. The SMILES string of the molecule is O=C1c2ccccc2[C@]23OC[C@H](Cc4ccccc42)N13. The van der Waals surface area contributed by atoms with Crippen LogP contribution in [-0.2, 0) is 16.9 Å². The van der Waals surface area contributed by atoms with E-state index in [1.165, 1.54) is 5.56 Å². The fraction of sp³-hybridized carbons (Fsp3) is 0.235. The number of hydrogen-bond acceptors (Lipinski definition) is 2. The molecule has 0 aliphatic carbocycles. The Morgan fingerprint density at radius 2 is 1.80 bits per heavy atom. The Bertz CT molecular complexity index is 754. The number of benzene rings is 2. The molecular formula is C17H13NO2. The highest BCUT2D eigenvalue weighted by Crippen LogP contribution is 2.53. The molecule has 3 heterocycles. The van der Waals surface area contributed by atoms with E-state index in [9.17, 15) is 4.79 Å². The van der Waals surface area contributed by atoms with Crippen molar-refractivity contribution in [2.75, 3.05) is 6.61 Å². The fourth-order valence-corrected chi connectivity index (χ4v) is 4.01. The van der Waals surface area contributed by atoms with Crippen LogP contribution in [0.3, 0.4) is 0 Å². The van der Waals surface area contributed by atoms with Crippen molar-refractivity contribution in [2.24, 2.45) is 0 Å². The minimum absolute atomic E-state index is 0.109. The summed E-state index contributed by atoms with van der Waals surface area (Å²) in [5.41, 5.74) is 3.55. The average molecular weight is 263 g/mol. The van der Waals surface area contributed by atoms with Gasteiger partial charge in [-0.05, 0) is 18.1 Å². The maximum Gasteiger partial charge on any atom is 0.257 e. The van der Waals surface area contributed by atoms with Gasteiger partial charge in [-0.15, -0.1) is 0 Å². The molecule has 98 valence electrons. The van der Waals surface area contributed by atoms with Gasteiger partial charge in [-0.1, -0.05) is 42.5 Å². The molecule has 0 radical (unpaired) electrons. The van der Waals surface area contributed by atoms with Crippen molar-refractivity contribution in [3.63, 3.8) is 0 Å². The molecule has 0 saturated carbocycles. The third-order valence-corrected chi connectivity index (χ3v) is 4.77. The number of nitrogens with zero attached hydrogens (tertiary/aromatic N) is 1. The Balaban J connectivity index is 1.90. The van der Waals surface area contributed by atoms with E-state index in [4.69, 9.17) is 4.74 Å². The molecule has 0 aromatic heterocycles. The zero-order valence-electron chi connectivity index (χ0n) is 10.9. The predicted octanol–water partition coefficient (Wildman–Crippen LogP) is 2.30. The van der Waals surface area contributed by atoms with E-state index in [1.54, 1.807) is 0 Å². The van der Waals surface area contributed by atoms with Gasteiger partial charge in [0, 0.05) is 16.7 Å². The maximum atomic E-state index is 12.7. The monoisotopic (exact) mass is 263 g/mol. The number of amides is 1. The lowest BCUT2D eigenvalue weighted by Crippen LogP contribution is -2.49. The Morgan fingerprint density at radius 1 is 1.05 bits per heavy atom. The van der Waals surface area contributed by atoms with E-state index in [0.29, 0.717) is 6.61 Å². The number of fused-ring (bicyclic) bond motifs is 2. The maximum absolute atomic E-state index is 12.7. The first-order valence-corrected chi connectivity index (χ1v) is 6.98. The molecule has 2 bridgehead atoms. The molecule has 0 spiro atoms. The lowest BCUT2D eigenvalue weighted by molar-refractivity contribution is -0.0357. The van der Waals surface area contributed by atoms with Crippen LogP contribution < -0.4 is 0 Å². The molecule has 2 aromatic rings. The van der Waals surface area contributed by atoms with E-state index in [1.807, 2.05) is 35.2 Å². The fourth-order valence-electron chi connectivity index (χ4n) is 4.01. The Labute approximate surface area is 116 Å². The topological polar surface area (TPSA) is 29.5 Å². The summed E-state index contributed by atoms with van der Waals surface area (Å²) in [6.07, 6.45) is 0.887. The quantitative estimate of drug-likeness (QED) is 0.730. The molecule has 1 amide bonds. The largest absolute Gasteiger partial charge is 0.345 e.